The van der Waals surface area contributed by atoms with E-state index in [4.69, 9.17) is 20.5 Å². The molecule has 7 heteroatoms. The molecule has 24 heavy (non-hydrogen) atoms. The first-order valence-corrected chi connectivity index (χ1v) is 7.41. The predicted molar refractivity (Wildman–Crippen MR) is 96.0 cm³/mol. The first-order chi connectivity index (χ1) is 11.6. The Bertz CT molecular complexity index is 782. The van der Waals surface area contributed by atoms with E-state index in [0.29, 0.717) is 23.7 Å². The lowest BCUT2D eigenvalue weighted by Gasteiger charge is -2.11. The smallest absolute Gasteiger partial charge is 0.184 e. The van der Waals surface area contributed by atoms with Gasteiger partial charge in [0, 0.05) is 5.56 Å². The van der Waals surface area contributed by atoms with Crippen LogP contribution >= 0.6 is 12.2 Å². The molecule has 0 saturated carbocycles. The van der Waals surface area contributed by atoms with Gasteiger partial charge < -0.3 is 15.2 Å². The maximum atomic E-state index is 8.80. The Hall–Kier alpha value is -3.11. The number of hydrogen-bond acceptors (Lipinski definition) is 5. The second-order valence-corrected chi connectivity index (χ2v) is 5.17. The van der Waals surface area contributed by atoms with E-state index >= 15 is 0 Å². The molecule has 0 atom stereocenters. The molecular formula is C17H16N4O2S. The molecule has 0 spiro atoms. The molecule has 0 bridgehead atoms. The van der Waals surface area contributed by atoms with Gasteiger partial charge in [-0.15, -0.1) is 0 Å². The lowest BCUT2D eigenvalue weighted by molar-refractivity contribution is 0.296. The van der Waals surface area contributed by atoms with E-state index in [1.165, 1.54) is 0 Å². The summed E-state index contributed by atoms with van der Waals surface area (Å²) in [5, 5.41) is 12.8. The summed E-state index contributed by atoms with van der Waals surface area (Å²) in [6.45, 7) is 0.319. The van der Waals surface area contributed by atoms with E-state index in [9.17, 15) is 0 Å². The molecule has 0 radical (unpaired) electrons. The Morgan fingerprint density at radius 1 is 1.33 bits per heavy atom. The number of nitriles is 1. The second kappa shape index (κ2) is 8.50. The molecule has 0 aliphatic heterocycles. The molecule has 2 rings (SSSR count). The summed E-state index contributed by atoms with van der Waals surface area (Å²) in [6, 6.07) is 14.6. The van der Waals surface area contributed by atoms with Crippen LogP contribution in [0.3, 0.4) is 0 Å². The predicted octanol–water partition coefficient (Wildman–Crippen LogP) is 2.31. The third kappa shape index (κ3) is 4.97. The number of benzene rings is 2. The Labute approximate surface area is 145 Å². The summed E-state index contributed by atoms with van der Waals surface area (Å²) in [5.41, 5.74) is 10.1. The third-order valence-electron chi connectivity index (χ3n) is 3.07. The molecule has 2 aromatic carbocycles. The van der Waals surface area contributed by atoms with Crippen LogP contribution in [0.2, 0.25) is 0 Å². The maximum Gasteiger partial charge on any atom is 0.184 e. The molecule has 0 aliphatic rings. The van der Waals surface area contributed by atoms with Gasteiger partial charge in [-0.3, -0.25) is 5.43 Å². The molecular weight excluding hydrogens is 324 g/mol. The number of ether oxygens (including phenoxy) is 2. The van der Waals surface area contributed by atoms with Crippen LogP contribution in [-0.2, 0) is 6.61 Å². The molecule has 0 aliphatic carbocycles. The van der Waals surface area contributed by atoms with Gasteiger partial charge in [0.1, 0.15) is 18.1 Å². The first kappa shape index (κ1) is 17.2. The Morgan fingerprint density at radius 2 is 2.08 bits per heavy atom. The van der Waals surface area contributed by atoms with Crippen LogP contribution in [0.25, 0.3) is 0 Å². The highest BCUT2D eigenvalue weighted by Gasteiger charge is 2.05. The van der Waals surface area contributed by atoms with Gasteiger partial charge in [0.05, 0.1) is 25.0 Å². The zero-order valence-corrected chi connectivity index (χ0v) is 13.8. The fraction of sp³-hybridized carbons (Fsp3) is 0.118. The van der Waals surface area contributed by atoms with E-state index in [-0.39, 0.29) is 5.11 Å². The zero-order chi connectivity index (χ0) is 17.4. The van der Waals surface area contributed by atoms with Crippen molar-refractivity contribution in [2.45, 2.75) is 6.61 Å². The third-order valence-corrected chi connectivity index (χ3v) is 3.16. The van der Waals surface area contributed by atoms with Crippen LogP contribution in [0.5, 0.6) is 11.5 Å². The van der Waals surface area contributed by atoms with Crippen molar-refractivity contribution >= 4 is 23.5 Å². The van der Waals surface area contributed by atoms with Crippen molar-refractivity contribution in [2.75, 3.05) is 7.11 Å². The molecule has 6 nitrogen and oxygen atoms in total. The van der Waals surface area contributed by atoms with E-state index in [2.05, 4.69) is 28.8 Å². The average Bonchev–Trinajstić information content (AvgIpc) is 2.60. The van der Waals surface area contributed by atoms with Crippen molar-refractivity contribution in [3.63, 3.8) is 0 Å². The molecule has 0 unspecified atom stereocenters. The topological polar surface area (TPSA) is 92.7 Å². The van der Waals surface area contributed by atoms with Gasteiger partial charge in [-0.25, -0.2) is 0 Å². The summed E-state index contributed by atoms with van der Waals surface area (Å²) in [7, 11) is 1.60. The van der Waals surface area contributed by atoms with Crippen molar-refractivity contribution in [1.82, 2.24) is 5.43 Å². The largest absolute Gasteiger partial charge is 0.496 e. The molecule has 0 heterocycles. The lowest BCUT2D eigenvalue weighted by atomic mass is 10.1. The van der Waals surface area contributed by atoms with Gasteiger partial charge >= 0.3 is 0 Å². The number of hydrazone groups is 1. The number of thiocarbonyl (C=S) groups is 1. The number of hydrogen-bond donors (Lipinski definition) is 2. The van der Waals surface area contributed by atoms with E-state index in [1.807, 2.05) is 18.2 Å². The average molecular weight is 340 g/mol. The number of nitrogens with two attached hydrogens (primary N) is 1. The SMILES string of the molecule is COc1ccc(C=NNC(N)=S)cc1COc1ccc(C#N)cc1. The maximum absolute atomic E-state index is 8.80. The summed E-state index contributed by atoms with van der Waals surface area (Å²) < 4.78 is 11.1. The monoisotopic (exact) mass is 340 g/mol. The van der Waals surface area contributed by atoms with Crippen LogP contribution in [0.15, 0.2) is 47.6 Å². The van der Waals surface area contributed by atoms with Gasteiger partial charge in [0.15, 0.2) is 5.11 Å². The molecule has 2 aromatic rings. The quantitative estimate of drug-likeness (QED) is 0.476. The van der Waals surface area contributed by atoms with Gasteiger partial charge in [0.25, 0.3) is 0 Å². The fourth-order valence-electron chi connectivity index (χ4n) is 1.95. The molecule has 0 saturated heterocycles. The normalized spacial score (nSPS) is 10.2. The number of nitrogens with one attached hydrogen (secondary N) is 1. The van der Waals surface area contributed by atoms with Gasteiger partial charge in [0.2, 0.25) is 0 Å². The summed E-state index contributed by atoms with van der Waals surface area (Å²) in [4.78, 5) is 0. The Morgan fingerprint density at radius 3 is 2.71 bits per heavy atom. The van der Waals surface area contributed by atoms with Crippen LogP contribution in [0.1, 0.15) is 16.7 Å². The van der Waals surface area contributed by atoms with Crippen LogP contribution < -0.4 is 20.6 Å². The van der Waals surface area contributed by atoms with E-state index in [0.717, 1.165) is 11.1 Å². The number of methoxy groups -OCH3 is 1. The molecule has 3 N–H and O–H groups in total. The highest BCUT2D eigenvalue weighted by Crippen LogP contribution is 2.22. The van der Waals surface area contributed by atoms with Crippen molar-refractivity contribution < 1.29 is 9.47 Å². The van der Waals surface area contributed by atoms with Crippen LogP contribution in [0, 0.1) is 11.3 Å². The van der Waals surface area contributed by atoms with Crippen LogP contribution in [0.4, 0.5) is 0 Å². The summed E-state index contributed by atoms with van der Waals surface area (Å²) >= 11 is 4.68. The highest BCUT2D eigenvalue weighted by atomic mass is 32.1. The van der Waals surface area contributed by atoms with E-state index < -0.39 is 0 Å². The number of rotatable bonds is 6. The Kier molecular flexibility index (Phi) is 6.11. The fourth-order valence-corrected chi connectivity index (χ4v) is 2.00. The Balaban J connectivity index is 2.10. The molecule has 122 valence electrons. The van der Waals surface area contributed by atoms with Crippen molar-refractivity contribution in [1.29, 1.82) is 5.26 Å². The first-order valence-electron chi connectivity index (χ1n) is 7.01. The minimum absolute atomic E-state index is 0.101. The molecule has 0 fully saturated rings. The van der Waals surface area contributed by atoms with Crippen molar-refractivity contribution in [3.8, 4) is 17.6 Å². The van der Waals surface area contributed by atoms with E-state index in [1.54, 1.807) is 37.6 Å². The van der Waals surface area contributed by atoms with Gasteiger partial charge in [-0.2, -0.15) is 10.4 Å². The van der Waals surface area contributed by atoms with Crippen LogP contribution in [-0.4, -0.2) is 18.4 Å². The highest BCUT2D eigenvalue weighted by molar-refractivity contribution is 7.80. The van der Waals surface area contributed by atoms with Crippen molar-refractivity contribution in [3.05, 3.63) is 59.2 Å². The standard InChI is InChI=1S/C17H16N4O2S/c1-22-16-7-4-13(10-20-21-17(19)24)8-14(16)11-23-15-5-2-12(9-18)3-6-15/h2-8,10H,11H2,1H3,(H3,19,21,24). The molecule has 0 aromatic heterocycles. The lowest BCUT2D eigenvalue weighted by Crippen LogP contribution is -2.24. The molecule has 0 amide bonds. The van der Waals surface area contributed by atoms with Gasteiger partial charge in [-0.1, -0.05) is 0 Å². The minimum atomic E-state index is 0.101. The zero-order valence-electron chi connectivity index (χ0n) is 13.0. The second-order valence-electron chi connectivity index (χ2n) is 4.73. The summed E-state index contributed by atoms with van der Waals surface area (Å²) in [5.74, 6) is 1.38. The van der Waals surface area contributed by atoms with Crippen molar-refractivity contribution in [2.24, 2.45) is 10.8 Å². The summed E-state index contributed by atoms with van der Waals surface area (Å²) in [6.07, 6.45) is 1.60. The number of nitrogens with zero attached hydrogens (tertiary/aromatic N) is 2. The minimum Gasteiger partial charge on any atom is -0.496 e. The van der Waals surface area contributed by atoms with Gasteiger partial charge in [-0.05, 0) is 60.2 Å².